The first kappa shape index (κ1) is 16.6. The summed E-state index contributed by atoms with van der Waals surface area (Å²) in [6.45, 7) is 0.0539. The number of hydrogen-bond acceptors (Lipinski definition) is 4. The van der Waals surface area contributed by atoms with Crippen LogP contribution in [0.2, 0.25) is 0 Å². The van der Waals surface area contributed by atoms with Crippen LogP contribution in [0.25, 0.3) is 0 Å². The molecule has 0 aliphatic rings. The topological polar surface area (TPSA) is 107 Å². The summed E-state index contributed by atoms with van der Waals surface area (Å²) in [6.07, 6.45) is -0.153. The number of rotatable bonds is 7. The molecule has 0 fully saturated rings. The van der Waals surface area contributed by atoms with E-state index in [4.69, 9.17) is 5.11 Å². The van der Waals surface area contributed by atoms with E-state index >= 15 is 0 Å². The molecule has 0 aliphatic heterocycles. The highest BCUT2D eigenvalue weighted by Gasteiger charge is 2.15. The standard InChI is InChI=1S/C9H19N3O5S/c1-11(2)18(16,17)7-5-10-9(15)12(3)6-4-8(13)14/h4-7H2,1-3H3,(H,10,15)(H,13,14). The van der Waals surface area contributed by atoms with Crippen LogP contribution in [0, 0.1) is 0 Å². The third-order valence-corrected chi connectivity index (χ3v) is 4.03. The molecule has 0 aromatic heterocycles. The molecule has 0 saturated heterocycles. The minimum Gasteiger partial charge on any atom is -0.481 e. The molecule has 9 heteroatoms. The molecule has 106 valence electrons. The molecule has 0 aliphatic carbocycles. The van der Waals surface area contributed by atoms with Crippen LogP contribution in [-0.4, -0.2) is 74.7 Å². The van der Waals surface area contributed by atoms with Gasteiger partial charge in [-0.25, -0.2) is 17.5 Å². The Morgan fingerprint density at radius 1 is 1.22 bits per heavy atom. The molecule has 0 spiro atoms. The van der Waals surface area contributed by atoms with Crippen molar-refractivity contribution in [3.63, 3.8) is 0 Å². The van der Waals surface area contributed by atoms with Crippen LogP contribution in [0.3, 0.4) is 0 Å². The Morgan fingerprint density at radius 3 is 2.22 bits per heavy atom. The summed E-state index contributed by atoms with van der Waals surface area (Å²) >= 11 is 0. The van der Waals surface area contributed by atoms with Crippen molar-refractivity contribution >= 4 is 22.0 Å². The first-order valence-corrected chi connectivity index (χ1v) is 6.88. The fourth-order valence-corrected chi connectivity index (χ4v) is 1.69. The molecule has 0 aromatic carbocycles. The highest BCUT2D eigenvalue weighted by Crippen LogP contribution is 1.93. The van der Waals surface area contributed by atoms with Crippen molar-refractivity contribution in [2.24, 2.45) is 0 Å². The quantitative estimate of drug-likeness (QED) is 0.622. The summed E-state index contributed by atoms with van der Waals surface area (Å²) in [6, 6.07) is -0.495. The van der Waals surface area contributed by atoms with Gasteiger partial charge in [0.2, 0.25) is 10.0 Å². The molecule has 0 bridgehead atoms. The number of nitrogens with zero attached hydrogens (tertiary/aromatic N) is 2. The number of aliphatic carboxylic acids is 1. The van der Waals surface area contributed by atoms with Gasteiger partial charge in [0.25, 0.3) is 0 Å². The Bertz CT molecular complexity index is 393. The molecule has 0 heterocycles. The monoisotopic (exact) mass is 281 g/mol. The van der Waals surface area contributed by atoms with Gasteiger partial charge in [-0.3, -0.25) is 4.79 Å². The van der Waals surface area contributed by atoms with E-state index in [2.05, 4.69) is 5.32 Å². The molecule has 0 rings (SSSR count). The third-order valence-electron chi connectivity index (χ3n) is 2.20. The van der Waals surface area contributed by atoms with Crippen molar-refractivity contribution < 1.29 is 23.1 Å². The number of urea groups is 1. The SMILES string of the molecule is CN(CCC(=O)O)C(=O)NCCS(=O)(=O)N(C)C. The van der Waals surface area contributed by atoms with Crippen LogP contribution in [0.4, 0.5) is 4.79 Å². The largest absolute Gasteiger partial charge is 0.481 e. The fraction of sp³-hybridized carbons (Fsp3) is 0.778. The maximum Gasteiger partial charge on any atom is 0.317 e. The highest BCUT2D eigenvalue weighted by molar-refractivity contribution is 7.89. The van der Waals surface area contributed by atoms with Crippen LogP contribution in [0.1, 0.15) is 6.42 Å². The van der Waals surface area contributed by atoms with Gasteiger partial charge >= 0.3 is 12.0 Å². The van der Waals surface area contributed by atoms with Gasteiger partial charge < -0.3 is 15.3 Å². The van der Waals surface area contributed by atoms with Gasteiger partial charge in [-0.05, 0) is 0 Å². The summed E-state index contributed by atoms with van der Waals surface area (Å²) in [5, 5.41) is 10.9. The molecule has 8 nitrogen and oxygen atoms in total. The van der Waals surface area contributed by atoms with Crippen molar-refractivity contribution in [1.29, 1.82) is 0 Å². The lowest BCUT2D eigenvalue weighted by Crippen LogP contribution is -2.41. The summed E-state index contributed by atoms with van der Waals surface area (Å²) in [5.74, 6) is -1.19. The molecular weight excluding hydrogens is 262 g/mol. The third kappa shape index (κ3) is 6.40. The van der Waals surface area contributed by atoms with Gasteiger partial charge in [0.15, 0.2) is 0 Å². The number of amides is 2. The van der Waals surface area contributed by atoms with E-state index in [9.17, 15) is 18.0 Å². The summed E-state index contributed by atoms with van der Waals surface area (Å²) < 4.78 is 23.8. The number of hydrogen-bond donors (Lipinski definition) is 2. The molecule has 2 N–H and O–H groups in total. The first-order valence-electron chi connectivity index (χ1n) is 5.28. The number of carboxylic acid groups (broad SMARTS) is 1. The number of carbonyl (C=O) groups excluding carboxylic acids is 1. The van der Waals surface area contributed by atoms with E-state index in [-0.39, 0.29) is 25.3 Å². The van der Waals surface area contributed by atoms with Gasteiger partial charge in [-0.15, -0.1) is 0 Å². The molecule has 0 atom stereocenters. The number of carbonyl (C=O) groups is 2. The number of carboxylic acids is 1. The van der Waals surface area contributed by atoms with Gasteiger partial charge in [0, 0.05) is 34.2 Å². The lowest BCUT2D eigenvalue weighted by Gasteiger charge is -2.17. The van der Waals surface area contributed by atoms with Gasteiger partial charge in [-0.2, -0.15) is 0 Å². The summed E-state index contributed by atoms with van der Waals surface area (Å²) in [7, 11) is 0.930. The van der Waals surface area contributed by atoms with Crippen LogP contribution in [-0.2, 0) is 14.8 Å². The Balaban J connectivity index is 4.01. The zero-order chi connectivity index (χ0) is 14.3. The van der Waals surface area contributed by atoms with Crippen LogP contribution < -0.4 is 5.32 Å². The second-order valence-electron chi connectivity index (χ2n) is 3.90. The van der Waals surface area contributed by atoms with E-state index in [1.54, 1.807) is 0 Å². The Labute approximate surface area is 107 Å². The summed E-state index contributed by atoms with van der Waals surface area (Å²) in [5.41, 5.74) is 0. The van der Waals surface area contributed by atoms with E-state index in [0.29, 0.717) is 0 Å². The van der Waals surface area contributed by atoms with Gasteiger partial charge in [0.05, 0.1) is 12.2 Å². The van der Waals surface area contributed by atoms with E-state index < -0.39 is 22.0 Å². The predicted molar refractivity (Wildman–Crippen MR) is 65.8 cm³/mol. The van der Waals surface area contributed by atoms with Gasteiger partial charge in [0.1, 0.15) is 0 Å². The van der Waals surface area contributed by atoms with Crippen LogP contribution in [0.15, 0.2) is 0 Å². The smallest absolute Gasteiger partial charge is 0.317 e. The molecule has 0 unspecified atom stereocenters. The number of nitrogens with one attached hydrogen (secondary N) is 1. The molecule has 18 heavy (non-hydrogen) atoms. The maximum atomic E-state index is 11.4. The minimum absolute atomic E-state index is 0.0171. The Hall–Kier alpha value is -1.35. The van der Waals surface area contributed by atoms with Crippen molar-refractivity contribution in [3.05, 3.63) is 0 Å². The average molecular weight is 281 g/mol. The minimum atomic E-state index is -3.34. The van der Waals surface area contributed by atoms with E-state index in [0.717, 1.165) is 4.31 Å². The van der Waals surface area contributed by atoms with Crippen molar-refractivity contribution in [3.8, 4) is 0 Å². The highest BCUT2D eigenvalue weighted by atomic mass is 32.2. The maximum absolute atomic E-state index is 11.4. The lowest BCUT2D eigenvalue weighted by molar-refractivity contribution is -0.137. The zero-order valence-electron chi connectivity index (χ0n) is 10.7. The molecule has 2 amide bonds. The van der Waals surface area contributed by atoms with Gasteiger partial charge in [-0.1, -0.05) is 0 Å². The molecule has 0 saturated carbocycles. The normalized spacial score (nSPS) is 11.3. The predicted octanol–water partition coefficient (Wildman–Crippen LogP) is -1.01. The van der Waals surface area contributed by atoms with Crippen LogP contribution in [0.5, 0.6) is 0 Å². The zero-order valence-corrected chi connectivity index (χ0v) is 11.5. The molecule has 0 radical (unpaired) electrons. The lowest BCUT2D eigenvalue weighted by atomic mass is 10.4. The van der Waals surface area contributed by atoms with E-state index in [1.165, 1.54) is 26.0 Å². The Morgan fingerprint density at radius 2 is 1.78 bits per heavy atom. The second-order valence-corrected chi connectivity index (χ2v) is 6.20. The number of sulfonamides is 1. The van der Waals surface area contributed by atoms with Crippen molar-refractivity contribution in [2.75, 3.05) is 40.0 Å². The van der Waals surface area contributed by atoms with Crippen LogP contribution >= 0.6 is 0 Å². The van der Waals surface area contributed by atoms with Crippen molar-refractivity contribution in [1.82, 2.24) is 14.5 Å². The first-order chi connectivity index (χ1) is 8.16. The fourth-order valence-electron chi connectivity index (χ4n) is 0.969. The second kappa shape index (κ2) is 7.17. The molecular formula is C9H19N3O5S. The Kier molecular flexibility index (Phi) is 6.63. The summed E-state index contributed by atoms with van der Waals surface area (Å²) in [4.78, 5) is 22.9. The molecule has 0 aromatic rings. The van der Waals surface area contributed by atoms with Crippen molar-refractivity contribution in [2.45, 2.75) is 6.42 Å². The van der Waals surface area contributed by atoms with E-state index in [1.807, 2.05) is 0 Å². The average Bonchev–Trinajstić information content (AvgIpc) is 2.25.